The quantitative estimate of drug-likeness (QED) is 0.336. The monoisotopic (exact) mass is 558 g/mol. The number of hydrogen-bond acceptors (Lipinski definition) is 4. The van der Waals surface area contributed by atoms with E-state index in [0.29, 0.717) is 53.3 Å². The van der Waals surface area contributed by atoms with Crippen LogP contribution in [0.1, 0.15) is 53.0 Å². The molecule has 2 aromatic carbocycles. The van der Waals surface area contributed by atoms with Crippen molar-refractivity contribution in [2.45, 2.75) is 78.6 Å². The lowest BCUT2D eigenvalue weighted by Gasteiger charge is -2.62. The van der Waals surface area contributed by atoms with Gasteiger partial charge in [-0.15, -0.1) is 0 Å². The predicted molar refractivity (Wildman–Crippen MR) is 163 cm³/mol. The summed E-state index contributed by atoms with van der Waals surface area (Å²) in [6, 6.07) is 13.2. The molecule has 4 fully saturated rings. The molecule has 1 saturated heterocycles. The second kappa shape index (κ2) is 10.9. The Balaban J connectivity index is 1.26. The summed E-state index contributed by atoms with van der Waals surface area (Å²) >= 11 is 0. The normalized spacial score (nSPS) is 29.3. The number of nitrogens with one attached hydrogen (secondary N) is 2. The molecule has 7 nitrogen and oxygen atoms in total. The van der Waals surface area contributed by atoms with Gasteiger partial charge >= 0.3 is 0 Å². The number of aryl methyl sites for hydroxylation is 2. The molecule has 0 spiro atoms. The summed E-state index contributed by atoms with van der Waals surface area (Å²) in [6.07, 6.45) is 4.76. The van der Waals surface area contributed by atoms with Crippen LogP contribution in [0, 0.1) is 29.0 Å². The van der Waals surface area contributed by atoms with Gasteiger partial charge in [-0.2, -0.15) is 0 Å². The Morgan fingerprint density at radius 1 is 1.10 bits per heavy atom. The first-order valence-electron chi connectivity index (χ1n) is 15.2. The number of hydrogen-bond donors (Lipinski definition) is 2. The number of piperazine rings is 1. The number of fused-ring (bicyclic) bond motifs is 3. The van der Waals surface area contributed by atoms with E-state index < -0.39 is 0 Å². The van der Waals surface area contributed by atoms with Gasteiger partial charge in [0.05, 0.1) is 22.9 Å². The highest BCUT2D eigenvalue weighted by molar-refractivity contribution is 5.86. The number of guanidine groups is 1. The molecule has 8 heteroatoms. The Kier molecular flexibility index (Phi) is 7.39. The number of nitrogens with zero attached hydrogens (tertiary/aromatic N) is 4. The fourth-order valence-corrected chi connectivity index (χ4v) is 7.60. The van der Waals surface area contributed by atoms with Gasteiger partial charge in [0, 0.05) is 37.8 Å². The molecule has 41 heavy (non-hydrogen) atoms. The van der Waals surface area contributed by atoms with Crippen molar-refractivity contribution < 1.29 is 4.39 Å². The van der Waals surface area contributed by atoms with Crippen LogP contribution < -0.4 is 16.2 Å². The lowest BCUT2D eigenvalue weighted by atomic mass is 9.45. The second-order valence-electron chi connectivity index (χ2n) is 13.3. The molecule has 6 atom stereocenters. The molecular formula is C33H43FN6O. The van der Waals surface area contributed by atoms with Crippen molar-refractivity contribution in [3.8, 4) is 0 Å². The Morgan fingerprint density at radius 2 is 1.83 bits per heavy atom. The summed E-state index contributed by atoms with van der Waals surface area (Å²) in [5.41, 5.74) is 2.78. The van der Waals surface area contributed by atoms with Crippen molar-refractivity contribution in [3.05, 3.63) is 70.5 Å². The Morgan fingerprint density at radius 3 is 2.51 bits per heavy atom. The minimum Gasteiger partial charge on any atom is -0.353 e. The molecule has 2 heterocycles. The van der Waals surface area contributed by atoms with Crippen LogP contribution in [0.25, 0.3) is 10.9 Å². The molecular weight excluding hydrogens is 515 g/mol. The van der Waals surface area contributed by atoms with Crippen molar-refractivity contribution in [2.75, 3.05) is 13.1 Å². The zero-order valence-corrected chi connectivity index (χ0v) is 24.9. The Hall–Kier alpha value is -3.26. The number of rotatable bonds is 5. The van der Waals surface area contributed by atoms with Gasteiger partial charge in [-0.1, -0.05) is 32.9 Å². The van der Waals surface area contributed by atoms with Gasteiger partial charge in [-0.25, -0.2) is 14.4 Å². The molecule has 2 bridgehead atoms. The molecule has 7 rings (SSSR count). The lowest BCUT2D eigenvalue weighted by molar-refractivity contribution is -0.112. The summed E-state index contributed by atoms with van der Waals surface area (Å²) in [5.74, 6) is 2.76. The van der Waals surface area contributed by atoms with Crippen LogP contribution >= 0.6 is 0 Å². The highest BCUT2D eigenvalue weighted by Crippen LogP contribution is 2.61. The first-order chi connectivity index (χ1) is 19.6. The van der Waals surface area contributed by atoms with E-state index in [-0.39, 0.29) is 11.4 Å². The topological polar surface area (TPSA) is 74.5 Å². The van der Waals surface area contributed by atoms with Crippen LogP contribution in [0.4, 0.5) is 10.1 Å². The standard InChI is InChI=1S/C33H43FN6O/c1-20-17-40(18-21(2)36-20)32(38-29-15-24-14-28(22(29)3)33(24,4)5)37-26-10-11-27-30(16-26)35-19-39(31(27)41)13-12-23-6-8-25(34)9-7-23/h6-11,16,19-22,24,28-29,36H,12-15,17-18H2,1-5H3,(H,37,38)/t20-,21-,22+,24-,28-,29?/m0/s1. The van der Waals surface area contributed by atoms with E-state index in [9.17, 15) is 9.18 Å². The van der Waals surface area contributed by atoms with Crippen LogP contribution in [-0.4, -0.2) is 51.6 Å². The van der Waals surface area contributed by atoms with Crippen molar-refractivity contribution in [2.24, 2.45) is 28.2 Å². The third-order valence-corrected chi connectivity index (χ3v) is 10.1. The molecule has 3 saturated carbocycles. The van der Waals surface area contributed by atoms with Crippen LogP contribution in [0.5, 0.6) is 0 Å². The summed E-state index contributed by atoms with van der Waals surface area (Å²) in [6.45, 7) is 14.0. The largest absolute Gasteiger partial charge is 0.353 e. The third-order valence-electron chi connectivity index (χ3n) is 10.1. The van der Waals surface area contributed by atoms with Crippen LogP contribution in [-0.2, 0) is 13.0 Å². The molecule has 1 unspecified atom stereocenters. The van der Waals surface area contributed by atoms with E-state index in [1.54, 1.807) is 23.0 Å². The number of halogens is 1. The van der Waals surface area contributed by atoms with Gasteiger partial charge in [0.25, 0.3) is 5.56 Å². The number of benzene rings is 2. The van der Waals surface area contributed by atoms with Crippen LogP contribution in [0.3, 0.4) is 0 Å². The summed E-state index contributed by atoms with van der Waals surface area (Å²) in [4.78, 5) is 25.4. The third kappa shape index (κ3) is 5.51. The SMILES string of the molecule is C[C@H]1CN(C(=Nc2ccc3c(=O)n(CCc4ccc(F)cc4)cnc3c2)NC2C[C@@H]3C[C@@H]([C@H]2C)C3(C)C)C[C@H](C)N1. The average Bonchev–Trinajstić information content (AvgIpc) is 2.93. The molecule has 3 aromatic rings. The molecule has 0 radical (unpaired) electrons. The lowest BCUT2D eigenvalue weighted by Crippen LogP contribution is -2.64. The zero-order valence-electron chi connectivity index (χ0n) is 24.9. The molecule has 4 aliphatic rings. The maximum atomic E-state index is 13.2. The summed E-state index contributed by atoms with van der Waals surface area (Å²) < 4.78 is 14.9. The van der Waals surface area contributed by atoms with Crippen molar-refractivity contribution >= 4 is 22.5 Å². The maximum Gasteiger partial charge on any atom is 0.261 e. The van der Waals surface area contributed by atoms with Gasteiger partial charge < -0.3 is 15.5 Å². The van der Waals surface area contributed by atoms with E-state index in [2.05, 4.69) is 55.1 Å². The van der Waals surface area contributed by atoms with E-state index in [0.717, 1.165) is 42.1 Å². The maximum absolute atomic E-state index is 13.2. The molecule has 1 aliphatic heterocycles. The predicted octanol–water partition coefficient (Wildman–Crippen LogP) is 5.11. The first kappa shape index (κ1) is 27.9. The van der Waals surface area contributed by atoms with Gasteiger partial charge in [0.1, 0.15) is 5.82 Å². The van der Waals surface area contributed by atoms with Gasteiger partial charge in [-0.3, -0.25) is 9.36 Å². The summed E-state index contributed by atoms with van der Waals surface area (Å²) in [7, 11) is 0. The molecule has 218 valence electrons. The number of aromatic nitrogens is 2. The van der Waals surface area contributed by atoms with E-state index in [1.165, 1.54) is 25.0 Å². The summed E-state index contributed by atoms with van der Waals surface area (Å²) in [5, 5.41) is 8.12. The fraction of sp³-hybridized carbons (Fsp3) is 0.545. The van der Waals surface area contributed by atoms with Crippen LogP contribution in [0.15, 0.2) is 58.6 Å². The molecule has 3 aliphatic carbocycles. The van der Waals surface area contributed by atoms with Gasteiger partial charge in [0.2, 0.25) is 0 Å². The smallest absolute Gasteiger partial charge is 0.261 e. The average molecular weight is 559 g/mol. The minimum atomic E-state index is -0.259. The van der Waals surface area contributed by atoms with E-state index in [4.69, 9.17) is 4.99 Å². The van der Waals surface area contributed by atoms with Crippen molar-refractivity contribution in [1.29, 1.82) is 0 Å². The van der Waals surface area contributed by atoms with Crippen LogP contribution in [0.2, 0.25) is 0 Å². The Bertz CT molecular complexity index is 1490. The van der Waals surface area contributed by atoms with Crippen molar-refractivity contribution in [1.82, 2.24) is 25.1 Å². The first-order valence-corrected chi connectivity index (χ1v) is 15.2. The van der Waals surface area contributed by atoms with Crippen molar-refractivity contribution in [3.63, 3.8) is 0 Å². The number of aliphatic imine (C=N–C) groups is 1. The highest BCUT2D eigenvalue weighted by Gasteiger charge is 2.56. The molecule has 2 N–H and O–H groups in total. The minimum absolute atomic E-state index is 0.0754. The van der Waals surface area contributed by atoms with Gasteiger partial charge in [0.15, 0.2) is 5.96 Å². The Labute approximate surface area is 242 Å². The second-order valence-corrected chi connectivity index (χ2v) is 13.3. The van der Waals surface area contributed by atoms with E-state index >= 15 is 0 Å². The molecule has 0 amide bonds. The van der Waals surface area contributed by atoms with Gasteiger partial charge in [-0.05, 0) is 92.2 Å². The molecule has 1 aromatic heterocycles. The zero-order chi connectivity index (χ0) is 28.9. The van der Waals surface area contributed by atoms with E-state index in [1.807, 2.05) is 18.2 Å². The fourth-order valence-electron chi connectivity index (χ4n) is 7.60. The highest BCUT2D eigenvalue weighted by atomic mass is 19.1.